The van der Waals surface area contributed by atoms with E-state index in [1.54, 1.807) is 6.20 Å². The van der Waals surface area contributed by atoms with Crippen LogP contribution in [0.15, 0.2) is 34.9 Å². The lowest BCUT2D eigenvalue weighted by Gasteiger charge is -2.02. The molecule has 2 rings (SSSR count). The van der Waals surface area contributed by atoms with Crippen molar-refractivity contribution in [3.63, 3.8) is 0 Å². The Morgan fingerprint density at radius 1 is 1.44 bits per heavy atom. The Morgan fingerprint density at radius 2 is 2.19 bits per heavy atom. The lowest BCUT2D eigenvalue weighted by Crippen LogP contribution is -2.01. The topological polar surface area (TPSA) is 55.1 Å². The summed E-state index contributed by atoms with van der Waals surface area (Å²) >= 11 is 5.59. The molecule has 0 aliphatic heterocycles. The van der Waals surface area contributed by atoms with E-state index in [1.807, 2.05) is 18.2 Å². The number of carbonyl (C=O) groups is 1. The molecule has 2 aromatic rings. The summed E-state index contributed by atoms with van der Waals surface area (Å²) < 4.78 is 3.59. The Bertz CT molecular complexity index is 554. The molecule has 82 valence electrons. The van der Waals surface area contributed by atoms with Crippen molar-refractivity contribution >= 4 is 44.5 Å². The normalized spacial score (nSPS) is 10.4. The zero-order valence-corrected chi connectivity index (χ0v) is 11.6. The summed E-state index contributed by atoms with van der Waals surface area (Å²) in [6.07, 6.45) is 1.63. The van der Waals surface area contributed by atoms with E-state index in [1.165, 1.54) is 10.7 Å². The molecule has 0 fully saturated rings. The summed E-state index contributed by atoms with van der Waals surface area (Å²) in [4.78, 5) is 10.7. The molecule has 1 heterocycles. The molecular formula is C10H6BrIN2O2. The van der Waals surface area contributed by atoms with Crippen LogP contribution in [0.3, 0.4) is 0 Å². The van der Waals surface area contributed by atoms with E-state index in [0.29, 0.717) is 0 Å². The van der Waals surface area contributed by atoms with Gasteiger partial charge in [-0.3, -0.25) is 0 Å². The molecule has 4 nitrogen and oxygen atoms in total. The Hall–Kier alpha value is -0.890. The van der Waals surface area contributed by atoms with Gasteiger partial charge in [-0.15, -0.1) is 0 Å². The zero-order valence-electron chi connectivity index (χ0n) is 7.89. The van der Waals surface area contributed by atoms with Gasteiger partial charge < -0.3 is 5.11 Å². The maximum Gasteiger partial charge on any atom is 0.356 e. The average Bonchev–Trinajstić information content (AvgIpc) is 2.71. The van der Waals surface area contributed by atoms with E-state index >= 15 is 0 Å². The molecule has 0 saturated heterocycles. The molecule has 16 heavy (non-hydrogen) atoms. The number of hydrogen-bond donors (Lipinski definition) is 1. The number of aromatic carboxylic acids is 1. The first kappa shape index (κ1) is 11.6. The van der Waals surface area contributed by atoms with Crippen molar-refractivity contribution in [1.29, 1.82) is 0 Å². The standard InChI is InChI=1S/C10H6BrIN2O2/c11-7-2-1-6(5-8(7)12)14-4-3-9(13-14)10(15)16/h1-5H,(H,15,16). The third-order valence-electron chi connectivity index (χ3n) is 1.98. The number of benzene rings is 1. The van der Waals surface area contributed by atoms with Crippen LogP contribution in [0, 0.1) is 3.57 Å². The van der Waals surface area contributed by atoms with Crippen LogP contribution in [-0.2, 0) is 0 Å². The van der Waals surface area contributed by atoms with E-state index in [-0.39, 0.29) is 5.69 Å². The second-order valence-electron chi connectivity index (χ2n) is 3.05. The summed E-state index contributed by atoms with van der Waals surface area (Å²) in [6, 6.07) is 7.16. The van der Waals surface area contributed by atoms with Crippen molar-refractivity contribution in [2.45, 2.75) is 0 Å². The molecular weight excluding hydrogens is 387 g/mol. The summed E-state index contributed by atoms with van der Waals surface area (Å²) in [5.41, 5.74) is 0.873. The minimum Gasteiger partial charge on any atom is -0.476 e. The quantitative estimate of drug-likeness (QED) is 0.799. The predicted molar refractivity (Wildman–Crippen MR) is 70.9 cm³/mol. The van der Waals surface area contributed by atoms with Crippen molar-refractivity contribution in [3.8, 4) is 5.69 Å². The second-order valence-corrected chi connectivity index (χ2v) is 5.07. The summed E-state index contributed by atoms with van der Waals surface area (Å²) in [6.45, 7) is 0. The van der Waals surface area contributed by atoms with E-state index in [4.69, 9.17) is 5.11 Å². The molecule has 1 aromatic carbocycles. The van der Waals surface area contributed by atoms with Gasteiger partial charge in [0.15, 0.2) is 5.69 Å². The first-order chi connectivity index (χ1) is 7.58. The van der Waals surface area contributed by atoms with Crippen LogP contribution in [0.4, 0.5) is 0 Å². The molecule has 1 aromatic heterocycles. The molecule has 0 aliphatic carbocycles. The van der Waals surface area contributed by atoms with E-state index in [2.05, 4.69) is 43.6 Å². The van der Waals surface area contributed by atoms with Gasteiger partial charge in [0.2, 0.25) is 0 Å². The first-order valence-electron chi connectivity index (χ1n) is 4.32. The van der Waals surface area contributed by atoms with Gasteiger partial charge in [-0.05, 0) is 62.8 Å². The Labute approximate surface area is 114 Å². The van der Waals surface area contributed by atoms with Crippen molar-refractivity contribution in [2.75, 3.05) is 0 Å². The highest BCUT2D eigenvalue weighted by Gasteiger charge is 2.08. The molecule has 0 aliphatic rings. The monoisotopic (exact) mass is 392 g/mol. The summed E-state index contributed by atoms with van der Waals surface area (Å²) in [5, 5.41) is 12.7. The second kappa shape index (κ2) is 4.54. The maximum atomic E-state index is 10.7. The smallest absolute Gasteiger partial charge is 0.356 e. The van der Waals surface area contributed by atoms with Gasteiger partial charge in [0, 0.05) is 14.2 Å². The Balaban J connectivity index is 2.42. The minimum absolute atomic E-state index is 0.0397. The SMILES string of the molecule is O=C(O)c1ccn(-c2ccc(Br)c(I)c2)n1. The molecule has 0 atom stereocenters. The molecule has 1 N–H and O–H groups in total. The van der Waals surface area contributed by atoms with Crippen molar-refractivity contribution in [1.82, 2.24) is 9.78 Å². The van der Waals surface area contributed by atoms with Gasteiger partial charge in [-0.1, -0.05) is 0 Å². The predicted octanol–water partition coefficient (Wildman–Crippen LogP) is 2.94. The van der Waals surface area contributed by atoms with Crippen molar-refractivity contribution in [2.24, 2.45) is 0 Å². The fraction of sp³-hybridized carbons (Fsp3) is 0. The lowest BCUT2D eigenvalue weighted by molar-refractivity contribution is 0.0690. The highest BCUT2D eigenvalue weighted by atomic mass is 127. The number of rotatable bonds is 2. The third-order valence-corrected chi connectivity index (χ3v) is 4.30. The maximum absolute atomic E-state index is 10.7. The number of nitrogens with zero attached hydrogens (tertiary/aromatic N) is 2. The van der Waals surface area contributed by atoms with Gasteiger partial charge in [0.05, 0.1) is 5.69 Å². The van der Waals surface area contributed by atoms with Crippen LogP contribution in [0.2, 0.25) is 0 Å². The number of aromatic nitrogens is 2. The van der Waals surface area contributed by atoms with Gasteiger partial charge >= 0.3 is 5.97 Å². The number of halogens is 2. The first-order valence-corrected chi connectivity index (χ1v) is 6.19. The molecule has 0 amide bonds. The van der Waals surface area contributed by atoms with E-state index in [0.717, 1.165) is 13.7 Å². The molecule has 0 saturated carbocycles. The highest BCUT2D eigenvalue weighted by Crippen LogP contribution is 2.21. The fourth-order valence-electron chi connectivity index (χ4n) is 1.21. The molecule has 0 radical (unpaired) electrons. The van der Waals surface area contributed by atoms with Crippen LogP contribution in [0.25, 0.3) is 5.69 Å². The van der Waals surface area contributed by atoms with Gasteiger partial charge in [0.25, 0.3) is 0 Å². The van der Waals surface area contributed by atoms with Gasteiger partial charge in [-0.2, -0.15) is 5.10 Å². The molecule has 6 heteroatoms. The van der Waals surface area contributed by atoms with Gasteiger partial charge in [0.1, 0.15) is 0 Å². The van der Waals surface area contributed by atoms with Crippen LogP contribution in [0.1, 0.15) is 10.5 Å². The number of hydrogen-bond acceptors (Lipinski definition) is 2. The van der Waals surface area contributed by atoms with Crippen molar-refractivity contribution in [3.05, 3.63) is 44.2 Å². The van der Waals surface area contributed by atoms with Crippen LogP contribution in [-0.4, -0.2) is 20.9 Å². The van der Waals surface area contributed by atoms with Crippen LogP contribution >= 0.6 is 38.5 Å². The fourth-order valence-corrected chi connectivity index (χ4v) is 1.95. The third kappa shape index (κ3) is 2.27. The number of carboxylic acids is 1. The average molecular weight is 393 g/mol. The van der Waals surface area contributed by atoms with E-state index < -0.39 is 5.97 Å². The van der Waals surface area contributed by atoms with Gasteiger partial charge in [-0.25, -0.2) is 9.48 Å². The molecule has 0 unspecified atom stereocenters. The zero-order chi connectivity index (χ0) is 11.7. The Kier molecular flexibility index (Phi) is 3.29. The van der Waals surface area contributed by atoms with E-state index in [9.17, 15) is 4.79 Å². The summed E-state index contributed by atoms with van der Waals surface area (Å²) in [5.74, 6) is -1.02. The lowest BCUT2D eigenvalue weighted by atomic mass is 10.3. The van der Waals surface area contributed by atoms with Crippen molar-refractivity contribution < 1.29 is 9.90 Å². The van der Waals surface area contributed by atoms with Crippen LogP contribution < -0.4 is 0 Å². The molecule has 0 bridgehead atoms. The Morgan fingerprint density at radius 3 is 2.75 bits per heavy atom. The summed E-state index contributed by atoms with van der Waals surface area (Å²) in [7, 11) is 0. The highest BCUT2D eigenvalue weighted by molar-refractivity contribution is 14.1. The molecule has 0 spiro atoms. The number of carboxylic acid groups (broad SMARTS) is 1. The largest absolute Gasteiger partial charge is 0.476 e. The van der Waals surface area contributed by atoms with Crippen LogP contribution in [0.5, 0.6) is 0 Å². The minimum atomic E-state index is -1.02.